The Balaban J connectivity index is 0.000000237. The molecule has 3 amide bonds. The summed E-state index contributed by atoms with van der Waals surface area (Å²) in [7, 11) is 2.19. The summed E-state index contributed by atoms with van der Waals surface area (Å²) in [5, 5.41) is 2.25. The Labute approximate surface area is 166 Å². The molecule has 154 valence electrons. The van der Waals surface area contributed by atoms with Crippen molar-refractivity contribution in [3.63, 3.8) is 0 Å². The van der Waals surface area contributed by atoms with Gasteiger partial charge in [0.2, 0.25) is 5.91 Å². The van der Waals surface area contributed by atoms with E-state index >= 15 is 0 Å². The number of urea groups is 1. The Morgan fingerprint density at radius 3 is 2.25 bits per heavy atom. The maximum Gasteiger partial charge on any atom is 0.328 e. The molecule has 0 atom stereocenters. The van der Waals surface area contributed by atoms with E-state index in [4.69, 9.17) is 4.74 Å². The van der Waals surface area contributed by atoms with Crippen LogP contribution in [-0.4, -0.2) is 80.4 Å². The van der Waals surface area contributed by atoms with Crippen molar-refractivity contribution < 1.29 is 19.1 Å². The zero-order chi connectivity index (χ0) is 20.5. The van der Waals surface area contributed by atoms with Gasteiger partial charge in [0.05, 0.1) is 0 Å². The molecule has 0 spiro atoms. The van der Waals surface area contributed by atoms with Gasteiger partial charge >= 0.3 is 6.03 Å². The lowest BCUT2D eigenvalue weighted by atomic mass is 10.2. The average Bonchev–Trinajstić information content (AvgIpc) is 2.68. The summed E-state index contributed by atoms with van der Waals surface area (Å²) in [6.45, 7) is 9.85. The molecular weight excluding hydrogens is 360 g/mol. The number of aldehydes is 1. The number of ether oxygens (including phenoxy) is 1. The number of rotatable bonds is 5. The second kappa shape index (κ2) is 10.8. The molecule has 8 nitrogen and oxygen atoms in total. The van der Waals surface area contributed by atoms with E-state index in [1.54, 1.807) is 24.3 Å². The SMILES string of the molecule is CC(C)N1CCN(C)CC1.O=CCOc1ccc(N2CCC(=O)NC2=O)cc1. The van der Waals surface area contributed by atoms with Crippen molar-refractivity contribution in [3.8, 4) is 5.75 Å². The van der Waals surface area contributed by atoms with Crippen LogP contribution in [0.25, 0.3) is 0 Å². The Bertz CT molecular complexity index is 655. The second-order valence-electron chi connectivity index (χ2n) is 7.16. The number of nitrogens with one attached hydrogen (secondary N) is 1. The predicted octanol–water partition coefficient (Wildman–Crippen LogP) is 1.35. The van der Waals surface area contributed by atoms with Crippen LogP contribution in [0.3, 0.4) is 0 Å². The molecule has 3 rings (SSSR count). The number of likely N-dealkylation sites (N-methyl/N-ethyl adjacent to an activating group) is 1. The van der Waals surface area contributed by atoms with Crippen molar-refractivity contribution in [3.05, 3.63) is 24.3 Å². The Morgan fingerprint density at radius 1 is 1.07 bits per heavy atom. The molecule has 2 heterocycles. The molecule has 1 aromatic carbocycles. The third-order valence-corrected chi connectivity index (χ3v) is 4.79. The quantitative estimate of drug-likeness (QED) is 0.765. The molecule has 0 radical (unpaired) electrons. The molecular formula is C20H30N4O4. The van der Waals surface area contributed by atoms with Gasteiger partial charge in [0.25, 0.3) is 0 Å². The van der Waals surface area contributed by atoms with Crippen LogP contribution in [0, 0.1) is 0 Å². The van der Waals surface area contributed by atoms with Gasteiger partial charge in [-0.15, -0.1) is 0 Å². The van der Waals surface area contributed by atoms with Gasteiger partial charge in [-0.1, -0.05) is 0 Å². The zero-order valence-corrected chi connectivity index (χ0v) is 16.9. The monoisotopic (exact) mass is 390 g/mol. The van der Waals surface area contributed by atoms with Crippen LogP contribution in [0.15, 0.2) is 24.3 Å². The molecule has 0 bridgehead atoms. The van der Waals surface area contributed by atoms with E-state index in [1.165, 1.54) is 31.1 Å². The molecule has 0 saturated carbocycles. The van der Waals surface area contributed by atoms with E-state index in [0.29, 0.717) is 24.3 Å². The first-order chi connectivity index (χ1) is 13.4. The Morgan fingerprint density at radius 2 is 1.71 bits per heavy atom. The highest BCUT2D eigenvalue weighted by Crippen LogP contribution is 2.21. The maximum atomic E-state index is 11.6. The number of carbonyl (C=O) groups is 3. The minimum absolute atomic E-state index is 0.00194. The van der Waals surface area contributed by atoms with Crippen LogP contribution >= 0.6 is 0 Å². The number of hydrogen-bond acceptors (Lipinski definition) is 6. The van der Waals surface area contributed by atoms with E-state index in [1.807, 2.05) is 0 Å². The number of imide groups is 1. The number of anilines is 1. The fraction of sp³-hybridized carbons (Fsp3) is 0.550. The van der Waals surface area contributed by atoms with Crippen LogP contribution < -0.4 is 15.0 Å². The van der Waals surface area contributed by atoms with Gasteiger partial charge < -0.3 is 9.64 Å². The molecule has 1 N–H and O–H groups in total. The number of amides is 3. The molecule has 2 aliphatic rings. The van der Waals surface area contributed by atoms with Crippen LogP contribution in [0.4, 0.5) is 10.5 Å². The zero-order valence-electron chi connectivity index (χ0n) is 16.9. The fourth-order valence-electron chi connectivity index (χ4n) is 3.00. The summed E-state index contributed by atoms with van der Waals surface area (Å²) in [4.78, 5) is 39.1. The predicted molar refractivity (Wildman–Crippen MR) is 108 cm³/mol. The van der Waals surface area contributed by atoms with Crippen molar-refractivity contribution in [2.45, 2.75) is 26.3 Å². The number of hydrogen-bond donors (Lipinski definition) is 1. The lowest BCUT2D eigenvalue weighted by Crippen LogP contribution is -2.49. The third kappa shape index (κ3) is 6.61. The van der Waals surface area contributed by atoms with Gasteiger partial charge in [-0.3, -0.25) is 24.7 Å². The number of nitrogens with zero attached hydrogens (tertiary/aromatic N) is 3. The van der Waals surface area contributed by atoms with Gasteiger partial charge in [-0.25, -0.2) is 4.79 Å². The molecule has 0 aromatic heterocycles. The summed E-state index contributed by atoms with van der Waals surface area (Å²) in [6.07, 6.45) is 0.951. The van der Waals surface area contributed by atoms with Gasteiger partial charge in [-0.05, 0) is 45.2 Å². The minimum Gasteiger partial charge on any atom is -0.486 e. The molecule has 28 heavy (non-hydrogen) atoms. The van der Waals surface area contributed by atoms with Crippen LogP contribution in [0.2, 0.25) is 0 Å². The van der Waals surface area contributed by atoms with E-state index < -0.39 is 6.03 Å². The summed E-state index contributed by atoms with van der Waals surface area (Å²) in [5.41, 5.74) is 0.679. The Hall–Kier alpha value is -2.45. The molecule has 2 aliphatic heterocycles. The van der Waals surface area contributed by atoms with E-state index in [-0.39, 0.29) is 18.9 Å². The first-order valence-corrected chi connectivity index (χ1v) is 9.61. The van der Waals surface area contributed by atoms with Gasteiger partial charge in [-0.2, -0.15) is 0 Å². The topological polar surface area (TPSA) is 82.2 Å². The highest BCUT2D eigenvalue weighted by molar-refractivity contribution is 6.05. The summed E-state index contributed by atoms with van der Waals surface area (Å²) in [5.74, 6) is 0.293. The normalized spacial score (nSPS) is 18.4. The van der Waals surface area contributed by atoms with Crippen molar-refractivity contribution >= 4 is 23.9 Å². The van der Waals surface area contributed by atoms with Crippen molar-refractivity contribution in [1.82, 2.24) is 15.1 Å². The summed E-state index contributed by atoms with van der Waals surface area (Å²) >= 11 is 0. The average molecular weight is 390 g/mol. The van der Waals surface area contributed by atoms with Crippen LogP contribution in [0.1, 0.15) is 20.3 Å². The summed E-state index contributed by atoms with van der Waals surface area (Å²) < 4.78 is 5.10. The maximum absolute atomic E-state index is 11.6. The van der Waals surface area contributed by atoms with Crippen LogP contribution in [0.5, 0.6) is 5.75 Å². The van der Waals surface area contributed by atoms with Crippen molar-refractivity contribution in [2.24, 2.45) is 0 Å². The molecule has 8 heteroatoms. The Kier molecular flexibility index (Phi) is 8.41. The molecule has 0 unspecified atom stereocenters. The van der Waals surface area contributed by atoms with Gasteiger partial charge in [0, 0.05) is 50.9 Å². The smallest absolute Gasteiger partial charge is 0.328 e. The molecule has 2 saturated heterocycles. The van der Waals surface area contributed by atoms with Gasteiger partial charge in [0.1, 0.15) is 12.4 Å². The first-order valence-electron chi connectivity index (χ1n) is 9.61. The largest absolute Gasteiger partial charge is 0.486 e. The molecule has 0 aliphatic carbocycles. The lowest BCUT2D eigenvalue weighted by Gasteiger charge is -2.34. The van der Waals surface area contributed by atoms with Crippen molar-refractivity contribution in [2.75, 3.05) is 51.3 Å². The highest BCUT2D eigenvalue weighted by atomic mass is 16.5. The fourth-order valence-corrected chi connectivity index (χ4v) is 3.00. The molecule has 1 aromatic rings. The van der Waals surface area contributed by atoms with E-state index in [9.17, 15) is 14.4 Å². The van der Waals surface area contributed by atoms with Gasteiger partial charge in [0.15, 0.2) is 6.29 Å². The minimum atomic E-state index is -0.423. The second-order valence-corrected chi connectivity index (χ2v) is 7.16. The van der Waals surface area contributed by atoms with Crippen molar-refractivity contribution in [1.29, 1.82) is 0 Å². The summed E-state index contributed by atoms with van der Waals surface area (Å²) in [6, 6.07) is 7.05. The number of carbonyl (C=O) groups excluding carboxylic acids is 3. The number of benzene rings is 1. The van der Waals surface area contributed by atoms with E-state index in [0.717, 1.165) is 6.04 Å². The standard InChI is InChI=1S/C12H12N2O4.C8H18N2/c15-7-8-18-10-3-1-9(2-4-10)14-6-5-11(16)13-12(14)17;1-8(2)10-6-4-9(3)5-7-10/h1-4,7H,5-6,8H2,(H,13,16,17);8H,4-7H2,1-3H3. The number of piperazine rings is 1. The first kappa shape index (κ1) is 21.8. The van der Waals surface area contributed by atoms with Crippen LogP contribution in [-0.2, 0) is 9.59 Å². The third-order valence-electron chi connectivity index (χ3n) is 4.79. The highest BCUT2D eigenvalue weighted by Gasteiger charge is 2.23. The molecule has 2 fully saturated rings. The lowest BCUT2D eigenvalue weighted by molar-refractivity contribution is -0.120. The van der Waals surface area contributed by atoms with E-state index in [2.05, 4.69) is 36.0 Å².